The highest BCUT2D eigenvalue weighted by molar-refractivity contribution is 7.89. The maximum absolute atomic E-state index is 13.1. The van der Waals surface area contributed by atoms with E-state index in [2.05, 4.69) is 20.7 Å². The Kier molecular flexibility index (Phi) is 5.91. The molecule has 0 bridgehead atoms. The first kappa shape index (κ1) is 21.6. The first-order valence-corrected chi connectivity index (χ1v) is 12.2. The highest BCUT2D eigenvalue weighted by Gasteiger charge is 2.36. The van der Waals surface area contributed by atoms with Crippen LogP contribution in [0.3, 0.4) is 0 Å². The van der Waals surface area contributed by atoms with Gasteiger partial charge in [0.2, 0.25) is 15.0 Å². The molecule has 0 spiro atoms. The summed E-state index contributed by atoms with van der Waals surface area (Å²) < 4.78 is 32.8. The van der Waals surface area contributed by atoms with Crippen LogP contribution in [-0.2, 0) is 10.0 Å². The van der Waals surface area contributed by atoms with Crippen LogP contribution in [0.4, 0.5) is 5.69 Å². The van der Waals surface area contributed by atoms with E-state index in [1.165, 1.54) is 15.6 Å². The molecule has 1 aliphatic heterocycles. The molecule has 1 fully saturated rings. The van der Waals surface area contributed by atoms with Gasteiger partial charge in [0.15, 0.2) is 5.76 Å². The molecule has 2 aromatic heterocycles. The number of aromatic nitrogens is 3. The second-order valence-corrected chi connectivity index (χ2v) is 10.5. The minimum Gasteiger partial charge on any atom is -0.360 e. The number of rotatable bonds is 5. The van der Waals surface area contributed by atoms with Crippen LogP contribution in [0.2, 0.25) is 0 Å². The van der Waals surface area contributed by atoms with E-state index in [-0.39, 0.29) is 34.0 Å². The van der Waals surface area contributed by atoms with Crippen molar-refractivity contribution in [2.24, 2.45) is 0 Å². The second-order valence-electron chi connectivity index (χ2n) is 7.57. The molecule has 1 atom stereocenters. The summed E-state index contributed by atoms with van der Waals surface area (Å²) in [6, 6.07) is 7.49. The molecule has 1 aliphatic rings. The van der Waals surface area contributed by atoms with Gasteiger partial charge in [-0.15, -0.1) is 10.2 Å². The van der Waals surface area contributed by atoms with Crippen LogP contribution in [0.15, 0.2) is 33.7 Å². The number of carbonyl (C=O) groups excluding carboxylic acids is 1. The number of nitrogens with zero attached hydrogens (tertiary/aromatic N) is 4. The molecule has 0 aliphatic carbocycles. The maximum atomic E-state index is 13.1. The zero-order chi connectivity index (χ0) is 22.2. The molecule has 31 heavy (non-hydrogen) atoms. The van der Waals surface area contributed by atoms with Crippen LogP contribution in [0.1, 0.15) is 50.6 Å². The van der Waals surface area contributed by atoms with Gasteiger partial charge in [-0.05, 0) is 45.2 Å². The molecule has 0 radical (unpaired) electrons. The number of hydrogen-bond donors (Lipinski definition) is 1. The Morgan fingerprint density at radius 2 is 2.00 bits per heavy atom. The number of para-hydroxylation sites is 1. The number of carbonyl (C=O) groups is 1. The fourth-order valence-electron chi connectivity index (χ4n) is 3.71. The van der Waals surface area contributed by atoms with Crippen molar-refractivity contribution in [3.05, 3.63) is 51.3 Å². The van der Waals surface area contributed by atoms with Gasteiger partial charge in [0.25, 0.3) is 5.91 Å². The number of nitrogens with one attached hydrogen (secondary N) is 1. The summed E-state index contributed by atoms with van der Waals surface area (Å²) in [6.45, 7) is 5.83. The van der Waals surface area contributed by atoms with E-state index >= 15 is 0 Å². The van der Waals surface area contributed by atoms with Crippen molar-refractivity contribution < 1.29 is 17.7 Å². The Bertz CT molecular complexity index is 1200. The van der Waals surface area contributed by atoms with Crippen molar-refractivity contribution >= 4 is 33.0 Å². The van der Waals surface area contributed by atoms with Crippen LogP contribution in [-0.4, -0.2) is 47.1 Å². The van der Waals surface area contributed by atoms with Gasteiger partial charge in [-0.1, -0.05) is 34.7 Å². The zero-order valence-electron chi connectivity index (χ0n) is 17.5. The molecule has 3 aromatic rings. The molecule has 1 amide bonds. The quantitative estimate of drug-likeness (QED) is 0.619. The predicted octanol–water partition coefficient (Wildman–Crippen LogP) is 3.27. The third-order valence-electron chi connectivity index (χ3n) is 5.33. The number of amides is 1. The zero-order valence-corrected chi connectivity index (χ0v) is 19.1. The summed E-state index contributed by atoms with van der Waals surface area (Å²) in [4.78, 5) is 12.7. The number of aryl methyl sites for hydroxylation is 3. The summed E-state index contributed by atoms with van der Waals surface area (Å²) in [7, 11) is -3.72. The lowest BCUT2D eigenvalue weighted by Crippen LogP contribution is -2.39. The third kappa shape index (κ3) is 4.25. The minimum absolute atomic E-state index is 0.124. The van der Waals surface area contributed by atoms with Gasteiger partial charge in [0.05, 0.1) is 0 Å². The van der Waals surface area contributed by atoms with Gasteiger partial charge < -0.3 is 9.84 Å². The topological polar surface area (TPSA) is 118 Å². The number of benzene rings is 1. The van der Waals surface area contributed by atoms with E-state index in [0.29, 0.717) is 23.7 Å². The molecule has 0 saturated carbocycles. The van der Waals surface area contributed by atoms with Gasteiger partial charge in [0, 0.05) is 24.7 Å². The summed E-state index contributed by atoms with van der Waals surface area (Å²) in [5.41, 5.74) is 2.03. The molecule has 11 heteroatoms. The van der Waals surface area contributed by atoms with E-state index < -0.39 is 10.0 Å². The van der Waals surface area contributed by atoms with Crippen molar-refractivity contribution in [1.29, 1.82) is 0 Å². The van der Waals surface area contributed by atoms with Gasteiger partial charge in [-0.25, -0.2) is 8.42 Å². The molecule has 0 unspecified atom stereocenters. The first-order valence-electron chi connectivity index (χ1n) is 9.90. The Hall–Kier alpha value is -2.63. The van der Waals surface area contributed by atoms with E-state index in [0.717, 1.165) is 17.7 Å². The van der Waals surface area contributed by atoms with E-state index in [1.54, 1.807) is 13.8 Å². The minimum atomic E-state index is -3.72. The number of sulfonamides is 1. The van der Waals surface area contributed by atoms with Gasteiger partial charge >= 0.3 is 0 Å². The lowest BCUT2D eigenvalue weighted by molar-refractivity contribution is 0.102. The molecule has 3 heterocycles. The Morgan fingerprint density at radius 3 is 2.71 bits per heavy atom. The van der Waals surface area contributed by atoms with Gasteiger partial charge in [-0.2, -0.15) is 4.31 Å². The van der Waals surface area contributed by atoms with Crippen molar-refractivity contribution in [3.63, 3.8) is 0 Å². The van der Waals surface area contributed by atoms with Crippen LogP contribution in [0, 0.1) is 20.8 Å². The van der Waals surface area contributed by atoms with Gasteiger partial charge in [0.1, 0.15) is 15.6 Å². The highest BCUT2D eigenvalue weighted by atomic mass is 32.2. The molecular formula is C20H23N5O4S2. The Labute approximate surface area is 184 Å². The van der Waals surface area contributed by atoms with Crippen molar-refractivity contribution in [1.82, 2.24) is 19.7 Å². The molecule has 4 rings (SSSR count). The van der Waals surface area contributed by atoms with Crippen LogP contribution in [0.25, 0.3) is 0 Å². The van der Waals surface area contributed by atoms with Crippen LogP contribution in [0.5, 0.6) is 0 Å². The number of piperidine rings is 1. The number of hydrogen-bond acceptors (Lipinski definition) is 8. The third-order valence-corrected chi connectivity index (χ3v) is 8.52. The summed E-state index contributed by atoms with van der Waals surface area (Å²) in [5, 5.41) is 15.8. The summed E-state index contributed by atoms with van der Waals surface area (Å²) in [5.74, 6) is -0.165. The van der Waals surface area contributed by atoms with Crippen LogP contribution < -0.4 is 5.32 Å². The second kappa shape index (κ2) is 8.48. The molecule has 164 valence electrons. The van der Waals surface area contributed by atoms with E-state index in [4.69, 9.17) is 4.52 Å². The normalized spacial score (nSPS) is 17.6. The molecule has 1 saturated heterocycles. The fourth-order valence-corrected chi connectivity index (χ4v) is 6.39. The number of anilines is 1. The highest BCUT2D eigenvalue weighted by Crippen LogP contribution is 2.33. The summed E-state index contributed by atoms with van der Waals surface area (Å²) in [6.07, 6.45) is 1.47. The van der Waals surface area contributed by atoms with Crippen molar-refractivity contribution in [2.75, 3.05) is 18.4 Å². The molecule has 9 nitrogen and oxygen atoms in total. The van der Waals surface area contributed by atoms with E-state index in [1.807, 2.05) is 31.2 Å². The van der Waals surface area contributed by atoms with Gasteiger partial charge in [-0.3, -0.25) is 4.79 Å². The smallest absolute Gasteiger partial charge is 0.286 e. The standard InChI is InChI=1S/C20H23N5O4S2/c1-12-7-4-5-9-16(12)21-18(26)20-23-22-19(30-20)15-8-6-10-25(11-15)31(27,28)17-13(2)24-29-14(17)3/h4-5,7,9,15H,6,8,10-11H2,1-3H3,(H,21,26)/t15-/m1/s1. The Morgan fingerprint density at radius 1 is 1.23 bits per heavy atom. The molecular weight excluding hydrogens is 438 g/mol. The fraction of sp³-hybridized carbons (Fsp3) is 0.400. The summed E-state index contributed by atoms with van der Waals surface area (Å²) >= 11 is 1.20. The van der Waals surface area contributed by atoms with Crippen molar-refractivity contribution in [2.45, 2.75) is 44.4 Å². The van der Waals surface area contributed by atoms with E-state index in [9.17, 15) is 13.2 Å². The Balaban J connectivity index is 1.50. The lowest BCUT2D eigenvalue weighted by atomic mass is 10.0. The van der Waals surface area contributed by atoms with Crippen LogP contribution >= 0.6 is 11.3 Å². The monoisotopic (exact) mass is 461 g/mol. The predicted molar refractivity (Wildman–Crippen MR) is 116 cm³/mol. The molecule has 1 aromatic carbocycles. The molecule has 1 N–H and O–H groups in total. The lowest BCUT2D eigenvalue weighted by Gasteiger charge is -2.30. The SMILES string of the molecule is Cc1ccccc1NC(=O)c1nnc([C@@H]2CCCN(S(=O)(=O)c3c(C)noc3C)C2)s1. The maximum Gasteiger partial charge on any atom is 0.286 e. The van der Waals surface area contributed by atoms with Crippen molar-refractivity contribution in [3.8, 4) is 0 Å². The first-order chi connectivity index (χ1) is 14.8. The largest absolute Gasteiger partial charge is 0.360 e. The average Bonchev–Trinajstić information content (AvgIpc) is 3.37. The average molecular weight is 462 g/mol.